The zero-order valence-corrected chi connectivity index (χ0v) is 11.8. The zero-order valence-electron chi connectivity index (χ0n) is 11.8. The van der Waals surface area contributed by atoms with Crippen molar-refractivity contribution in [3.05, 3.63) is 46.5 Å². The number of ether oxygens (including phenoxy) is 1. The topological polar surface area (TPSA) is 75.8 Å². The summed E-state index contributed by atoms with van der Waals surface area (Å²) in [6, 6.07) is 4.75. The summed E-state index contributed by atoms with van der Waals surface area (Å²) in [6.07, 6.45) is 0.941. The van der Waals surface area contributed by atoms with Gasteiger partial charge in [0, 0.05) is 26.3 Å². The van der Waals surface area contributed by atoms with Gasteiger partial charge in [-0.25, -0.2) is 0 Å². The van der Waals surface area contributed by atoms with Gasteiger partial charge >= 0.3 is 0 Å². The Bertz CT molecular complexity index is 474. The number of methoxy groups -OCH3 is 1. The van der Waals surface area contributed by atoms with Crippen LogP contribution in [0.1, 0.15) is 18.6 Å². The molecule has 0 aliphatic carbocycles. The molecule has 110 valence electrons. The zero-order chi connectivity index (χ0) is 15.1. The molecule has 0 aromatic heterocycles. The molecule has 0 heterocycles. The smallest absolute Gasteiger partial charge is 0.292 e. The number of aliphatic hydroxyl groups is 1. The molecule has 20 heavy (non-hydrogen) atoms. The quantitative estimate of drug-likeness (QED) is 0.449. The third-order valence-electron chi connectivity index (χ3n) is 2.93. The third kappa shape index (κ3) is 4.04. The molecule has 0 bridgehead atoms. The van der Waals surface area contributed by atoms with Gasteiger partial charge < -0.3 is 14.7 Å². The Morgan fingerprint density at radius 2 is 2.30 bits per heavy atom. The van der Waals surface area contributed by atoms with Gasteiger partial charge in [0.05, 0.1) is 17.6 Å². The predicted molar refractivity (Wildman–Crippen MR) is 78.0 cm³/mol. The first kappa shape index (κ1) is 16.1. The first-order valence-electron chi connectivity index (χ1n) is 6.32. The van der Waals surface area contributed by atoms with E-state index in [1.165, 1.54) is 6.07 Å². The number of hydrogen-bond donors (Lipinski definition) is 1. The Morgan fingerprint density at radius 3 is 2.80 bits per heavy atom. The number of nitrogens with zero attached hydrogens (tertiary/aromatic N) is 2. The van der Waals surface area contributed by atoms with Crippen LogP contribution in [-0.4, -0.2) is 36.8 Å². The van der Waals surface area contributed by atoms with Crippen molar-refractivity contribution in [2.24, 2.45) is 0 Å². The first-order valence-corrected chi connectivity index (χ1v) is 6.32. The van der Waals surface area contributed by atoms with Crippen LogP contribution in [0.15, 0.2) is 30.9 Å². The molecule has 0 radical (unpaired) electrons. The van der Waals surface area contributed by atoms with Crippen molar-refractivity contribution in [3.8, 4) is 0 Å². The van der Waals surface area contributed by atoms with E-state index in [0.29, 0.717) is 30.9 Å². The van der Waals surface area contributed by atoms with Crippen molar-refractivity contribution in [2.45, 2.75) is 13.0 Å². The van der Waals surface area contributed by atoms with Gasteiger partial charge in [-0.2, -0.15) is 0 Å². The lowest BCUT2D eigenvalue weighted by Crippen LogP contribution is -2.28. The lowest BCUT2D eigenvalue weighted by atomic mass is 10.1. The number of benzene rings is 1. The van der Waals surface area contributed by atoms with Crippen molar-refractivity contribution in [1.82, 2.24) is 0 Å². The Kier molecular flexibility index (Phi) is 6.14. The van der Waals surface area contributed by atoms with Crippen LogP contribution in [-0.2, 0) is 4.74 Å². The predicted octanol–water partition coefficient (Wildman–Crippen LogP) is 2.29. The monoisotopic (exact) mass is 280 g/mol. The number of rotatable bonds is 8. The molecular formula is C14H20N2O4. The van der Waals surface area contributed by atoms with E-state index in [9.17, 15) is 15.2 Å². The summed E-state index contributed by atoms with van der Waals surface area (Å²) in [4.78, 5) is 12.6. The molecule has 1 rings (SSSR count). The van der Waals surface area contributed by atoms with Gasteiger partial charge in [0.15, 0.2) is 0 Å². The van der Waals surface area contributed by atoms with Crippen LogP contribution in [0.5, 0.6) is 0 Å². The average Bonchev–Trinajstić information content (AvgIpc) is 2.42. The molecule has 0 amide bonds. The molecule has 0 fully saturated rings. The van der Waals surface area contributed by atoms with E-state index < -0.39 is 11.0 Å². The largest absolute Gasteiger partial charge is 0.389 e. The Hall–Kier alpha value is -1.92. The van der Waals surface area contributed by atoms with E-state index in [4.69, 9.17) is 4.74 Å². The Morgan fingerprint density at radius 1 is 1.60 bits per heavy atom. The summed E-state index contributed by atoms with van der Waals surface area (Å²) in [6.45, 7) is 6.71. The van der Waals surface area contributed by atoms with Gasteiger partial charge in [0.25, 0.3) is 5.69 Å². The van der Waals surface area contributed by atoms with Crippen LogP contribution in [0, 0.1) is 10.1 Å². The van der Waals surface area contributed by atoms with Gasteiger partial charge in [-0.15, -0.1) is 6.58 Å². The van der Waals surface area contributed by atoms with Crippen LogP contribution < -0.4 is 4.90 Å². The van der Waals surface area contributed by atoms with Crippen LogP contribution in [0.2, 0.25) is 0 Å². The first-order chi connectivity index (χ1) is 9.51. The molecule has 6 nitrogen and oxygen atoms in total. The van der Waals surface area contributed by atoms with E-state index in [1.54, 1.807) is 32.2 Å². The molecule has 1 N–H and O–H groups in total. The van der Waals surface area contributed by atoms with Crippen molar-refractivity contribution >= 4 is 11.4 Å². The van der Waals surface area contributed by atoms with Gasteiger partial charge in [-0.3, -0.25) is 10.1 Å². The van der Waals surface area contributed by atoms with E-state index in [2.05, 4.69) is 6.58 Å². The van der Waals surface area contributed by atoms with Crippen molar-refractivity contribution in [1.29, 1.82) is 0 Å². The molecule has 6 heteroatoms. The summed E-state index contributed by atoms with van der Waals surface area (Å²) >= 11 is 0. The number of hydrogen-bond acceptors (Lipinski definition) is 5. The second-order valence-electron chi connectivity index (χ2n) is 4.41. The molecule has 0 aliphatic heterocycles. The molecule has 0 saturated carbocycles. The number of nitro groups is 1. The van der Waals surface area contributed by atoms with E-state index in [-0.39, 0.29) is 5.69 Å². The standard InChI is InChI=1S/C14H20N2O4/c1-4-7-15(8-9-20-3)13-6-5-12(11(2)17)10-14(13)16(18)19/h4-6,10-11,17H,1,7-9H2,2-3H3. The van der Waals surface area contributed by atoms with Crippen LogP contribution in [0.25, 0.3) is 0 Å². The van der Waals surface area contributed by atoms with Crippen LogP contribution in [0.4, 0.5) is 11.4 Å². The minimum Gasteiger partial charge on any atom is -0.389 e. The highest BCUT2D eigenvalue weighted by Crippen LogP contribution is 2.31. The fraction of sp³-hybridized carbons (Fsp3) is 0.429. The molecule has 0 spiro atoms. The Labute approximate surface area is 118 Å². The maximum Gasteiger partial charge on any atom is 0.292 e. The minimum absolute atomic E-state index is 0.0265. The van der Waals surface area contributed by atoms with Gasteiger partial charge in [-0.05, 0) is 18.6 Å². The lowest BCUT2D eigenvalue weighted by Gasteiger charge is -2.23. The fourth-order valence-electron chi connectivity index (χ4n) is 1.88. The summed E-state index contributed by atoms with van der Waals surface area (Å²) in [5, 5.41) is 20.8. The number of aliphatic hydroxyl groups excluding tert-OH is 1. The molecule has 1 aromatic rings. The normalized spacial score (nSPS) is 11.9. The Balaban J connectivity index is 3.18. The van der Waals surface area contributed by atoms with E-state index in [0.717, 1.165) is 0 Å². The molecule has 0 saturated heterocycles. The fourth-order valence-corrected chi connectivity index (χ4v) is 1.88. The molecule has 1 aromatic carbocycles. The number of anilines is 1. The van der Waals surface area contributed by atoms with E-state index in [1.807, 2.05) is 4.90 Å². The second kappa shape index (κ2) is 7.62. The van der Waals surface area contributed by atoms with E-state index >= 15 is 0 Å². The van der Waals surface area contributed by atoms with Crippen molar-refractivity contribution in [2.75, 3.05) is 31.7 Å². The van der Waals surface area contributed by atoms with Crippen molar-refractivity contribution in [3.63, 3.8) is 0 Å². The second-order valence-corrected chi connectivity index (χ2v) is 4.41. The minimum atomic E-state index is -0.741. The highest BCUT2D eigenvalue weighted by atomic mass is 16.6. The summed E-state index contributed by atoms with van der Waals surface area (Å²) < 4.78 is 5.02. The molecule has 1 atom stereocenters. The van der Waals surface area contributed by atoms with Gasteiger partial charge in [-0.1, -0.05) is 12.1 Å². The van der Waals surface area contributed by atoms with Gasteiger partial charge in [0.2, 0.25) is 0 Å². The molecule has 0 aliphatic rings. The number of nitro benzene ring substituents is 1. The van der Waals surface area contributed by atoms with Gasteiger partial charge in [0.1, 0.15) is 5.69 Å². The highest BCUT2D eigenvalue weighted by Gasteiger charge is 2.20. The SMILES string of the molecule is C=CCN(CCOC)c1ccc(C(C)O)cc1[N+](=O)[O-]. The van der Waals surface area contributed by atoms with Crippen molar-refractivity contribution < 1.29 is 14.8 Å². The lowest BCUT2D eigenvalue weighted by molar-refractivity contribution is -0.384. The molecular weight excluding hydrogens is 260 g/mol. The summed E-state index contributed by atoms with van der Waals surface area (Å²) in [5.41, 5.74) is 0.989. The maximum absolute atomic E-state index is 11.2. The van der Waals surface area contributed by atoms with Crippen LogP contribution in [0.3, 0.4) is 0 Å². The third-order valence-corrected chi connectivity index (χ3v) is 2.93. The summed E-state index contributed by atoms with van der Waals surface area (Å²) in [7, 11) is 1.58. The molecule has 1 unspecified atom stereocenters. The average molecular weight is 280 g/mol. The maximum atomic E-state index is 11.2. The van der Waals surface area contributed by atoms with Crippen LogP contribution >= 0.6 is 0 Å². The summed E-state index contributed by atoms with van der Waals surface area (Å²) in [5.74, 6) is 0. The highest BCUT2D eigenvalue weighted by molar-refractivity contribution is 5.64.